The van der Waals surface area contributed by atoms with Gasteiger partial charge in [0, 0.05) is 31.9 Å². The minimum absolute atomic E-state index is 0.157. The molecule has 0 saturated carbocycles. The molecule has 1 amide bonds. The van der Waals surface area contributed by atoms with Gasteiger partial charge in [0.05, 0.1) is 12.0 Å². The topological polar surface area (TPSA) is 119 Å². The zero-order chi connectivity index (χ0) is 24.3. The minimum Gasteiger partial charge on any atom is -0.438 e. The highest BCUT2D eigenvalue weighted by atomic mass is 19.3. The molecule has 10 nitrogen and oxygen atoms in total. The normalized spacial score (nSPS) is 15.8. The van der Waals surface area contributed by atoms with Gasteiger partial charge < -0.3 is 18.7 Å². The van der Waals surface area contributed by atoms with Gasteiger partial charge in [-0.1, -0.05) is 6.07 Å². The molecule has 0 saturated heterocycles. The number of oxazole rings is 2. The molecule has 1 aromatic carbocycles. The van der Waals surface area contributed by atoms with Crippen LogP contribution < -0.4 is 0 Å². The van der Waals surface area contributed by atoms with Crippen molar-refractivity contribution >= 4 is 17.0 Å². The van der Waals surface area contributed by atoms with Crippen LogP contribution in [-0.2, 0) is 13.5 Å². The standard InChI is InChI=1S/C23H19F2N7O3/c1-11-3-4-15-14(9-11)28-22(34-15)18-16-12(26-10-27-16)6-8-32(18)23(33)19-17(20(24)25)29-21(35-19)13-5-7-31(2)30-13/h3-5,7,9-10,18,20H,6,8H2,1-2H3,(H,26,27)/t18-/m0/s1. The lowest BCUT2D eigenvalue weighted by molar-refractivity contribution is 0.0621. The first-order chi connectivity index (χ1) is 16.9. The fraction of sp³-hybridized carbons (Fsp3) is 0.261. The average molecular weight is 479 g/mol. The number of hydrogen-bond donors (Lipinski definition) is 1. The maximum Gasteiger partial charge on any atom is 0.292 e. The van der Waals surface area contributed by atoms with Crippen molar-refractivity contribution in [3.63, 3.8) is 0 Å². The van der Waals surface area contributed by atoms with E-state index in [4.69, 9.17) is 8.83 Å². The van der Waals surface area contributed by atoms with E-state index in [1.807, 2.05) is 19.1 Å². The molecule has 6 rings (SSSR count). The summed E-state index contributed by atoms with van der Waals surface area (Å²) in [6.45, 7) is 2.14. The smallest absolute Gasteiger partial charge is 0.292 e. The Morgan fingerprint density at radius 3 is 2.86 bits per heavy atom. The van der Waals surface area contributed by atoms with Crippen molar-refractivity contribution in [3.8, 4) is 11.6 Å². The van der Waals surface area contributed by atoms with Crippen molar-refractivity contribution in [2.24, 2.45) is 7.05 Å². The lowest BCUT2D eigenvalue weighted by atomic mass is 10.0. The number of aromatic nitrogens is 6. The molecule has 1 N–H and O–H groups in total. The van der Waals surface area contributed by atoms with Crippen LogP contribution >= 0.6 is 0 Å². The van der Waals surface area contributed by atoms with E-state index in [1.54, 1.807) is 25.4 Å². The second-order valence-corrected chi connectivity index (χ2v) is 8.35. The highest BCUT2D eigenvalue weighted by Gasteiger charge is 2.41. The molecule has 5 heterocycles. The predicted octanol–water partition coefficient (Wildman–Crippen LogP) is 3.97. The monoisotopic (exact) mass is 479 g/mol. The number of rotatable bonds is 4. The number of benzene rings is 1. The number of aryl methyl sites for hydroxylation is 2. The number of fused-ring (bicyclic) bond motifs is 2. The molecule has 0 unspecified atom stereocenters. The molecular formula is C23H19F2N7O3. The van der Waals surface area contributed by atoms with E-state index in [0.29, 0.717) is 23.2 Å². The molecule has 0 bridgehead atoms. The number of nitrogens with zero attached hydrogens (tertiary/aromatic N) is 6. The lowest BCUT2D eigenvalue weighted by Gasteiger charge is -2.32. The van der Waals surface area contributed by atoms with E-state index in [-0.39, 0.29) is 24.0 Å². The number of aromatic amines is 1. The molecular weight excluding hydrogens is 460 g/mol. The Bertz CT molecular complexity index is 1560. The molecule has 0 radical (unpaired) electrons. The summed E-state index contributed by atoms with van der Waals surface area (Å²) in [6, 6.07) is 6.29. The summed E-state index contributed by atoms with van der Waals surface area (Å²) in [5, 5.41) is 4.13. The first-order valence-electron chi connectivity index (χ1n) is 10.9. The summed E-state index contributed by atoms with van der Waals surface area (Å²) in [7, 11) is 1.67. The van der Waals surface area contributed by atoms with Gasteiger partial charge in [-0.05, 0) is 30.7 Å². The van der Waals surface area contributed by atoms with Crippen LogP contribution in [0.2, 0.25) is 0 Å². The number of amides is 1. The quantitative estimate of drug-likeness (QED) is 0.414. The van der Waals surface area contributed by atoms with Crippen LogP contribution in [0.25, 0.3) is 22.7 Å². The number of halogens is 2. The Kier molecular flexibility index (Phi) is 4.76. The molecule has 12 heteroatoms. The number of alkyl halides is 2. The van der Waals surface area contributed by atoms with Gasteiger partial charge in [0.1, 0.15) is 11.2 Å². The van der Waals surface area contributed by atoms with Gasteiger partial charge in [-0.25, -0.2) is 23.7 Å². The van der Waals surface area contributed by atoms with Crippen molar-refractivity contribution in [3.05, 3.63) is 71.1 Å². The molecule has 178 valence electrons. The molecule has 1 atom stereocenters. The maximum absolute atomic E-state index is 13.9. The number of nitrogens with one attached hydrogen (secondary N) is 1. The summed E-state index contributed by atoms with van der Waals surface area (Å²) in [5.41, 5.74) is 3.03. The summed E-state index contributed by atoms with van der Waals surface area (Å²) in [4.78, 5) is 31.0. The molecule has 35 heavy (non-hydrogen) atoms. The van der Waals surface area contributed by atoms with Crippen LogP contribution in [0.5, 0.6) is 0 Å². The number of carbonyl (C=O) groups excluding carboxylic acids is 1. The van der Waals surface area contributed by atoms with Crippen LogP contribution in [0.15, 0.2) is 45.6 Å². The number of carbonyl (C=O) groups is 1. The van der Waals surface area contributed by atoms with Crippen LogP contribution in [0.4, 0.5) is 8.78 Å². The summed E-state index contributed by atoms with van der Waals surface area (Å²) >= 11 is 0. The van der Waals surface area contributed by atoms with E-state index in [2.05, 4.69) is 25.0 Å². The Morgan fingerprint density at radius 2 is 2.09 bits per heavy atom. The van der Waals surface area contributed by atoms with E-state index in [0.717, 1.165) is 11.3 Å². The van der Waals surface area contributed by atoms with Crippen molar-refractivity contribution in [2.75, 3.05) is 6.54 Å². The molecule has 0 fully saturated rings. The van der Waals surface area contributed by atoms with E-state index >= 15 is 0 Å². The van der Waals surface area contributed by atoms with Gasteiger partial charge in [0.25, 0.3) is 12.3 Å². The van der Waals surface area contributed by atoms with Gasteiger partial charge in [-0.2, -0.15) is 5.10 Å². The predicted molar refractivity (Wildman–Crippen MR) is 118 cm³/mol. The van der Waals surface area contributed by atoms with E-state index in [1.165, 1.54) is 15.9 Å². The van der Waals surface area contributed by atoms with Crippen LogP contribution in [0.3, 0.4) is 0 Å². The van der Waals surface area contributed by atoms with Gasteiger partial charge in [-0.3, -0.25) is 9.48 Å². The van der Waals surface area contributed by atoms with Gasteiger partial charge in [0.15, 0.2) is 17.3 Å². The Morgan fingerprint density at radius 1 is 1.23 bits per heavy atom. The van der Waals surface area contributed by atoms with Gasteiger partial charge in [0.2, 0.25) is 17.5 Å². The molecule has 0 spiro atoms. The first kappa shape index (κ1) is 21.2. The summed E-state index contributed by atoms with van der Waals surface area (Å²) < 4.78 is 40.9. The number of H-pyrrole nitrogens is 1. The molecule has 1 aliphatic rings. The average Bonchev–Trinajstić information content (AvgIpc) is 3.62. The van der Waals surface area contributed by atoms with Crippen LogP contribution in [0, 0.1) is 6.92 Å². The van der Waals surface area contributed by atoms with Crippen molar-refractivity contribution in [1.82, 2.24) is 34.6 Å². The zero-order valence-corrected chi connectivity index (χ0v) is 18.7. The largest absolute Gasteiger partial charge is 0.438 e. The fourth-order valence-corrected chi connectivity index (χ4v) is 4.32. The lowest BCUT2D eigenvalue weighted by Crippen LogP contribution is -2.41. The number of hydrogen-bond acceptors (Lipinski definition) is 7. The third kappa shape index (κ3) is 3.49. The zero-order valence-electron chi connectivity index (χ0n) is 18.7. The highest BCUT2D eigenvalue weighted by molar-refractivity contribution is 5.93. The second kappa shape index (κ2) is 7.86. The number of imidazole rings is 1. The Labute approximate surface area is 196 Å². The Balaban J connectivity index is 1.45. The second-order valence-electron chi connectivity index (χ2n) is 8.35. The van der Waals surface area contributed by atoms with Gasteiger partial charge >= 0.3 is 0 Å². The first-order valence-corrected chi connectivity index (χ1v) is 10.9. The summed E-state index contributed by atoms with van der Waals surface area (Å²) in [6.07, 6.45) is 0.572. The van der Waals surface area contributed by atoms with Crippen LogP contribution in [-0.4, -0.2) is 47.1 Å². The van der Waals surface area contributed by atoms with Crippen molar-refractivity contribution in [2.45, 2.75) is 25.8 Å². The molecule has 4 aromatic heterocycles. The van der Waals surface area contributed by atoms with Crippen LogP contribution in [0.1, 0.15) is 51.6 Å². The molecule has 5 aromatic rings. The molecule has 0 aliphatic carbocycles. The third-order valence-electron chi connectivity index (χ3n) is 5.97. The van der Waals surface area contributed by atoms with E-state index in [9.17, 15) is 13.6 Å². The summed E-state index contributed by atoms with van der Waals surface area (Å²) in [5.74, 6) is -1.23. The highest BCUT2D eigenvalue weighted by Crippen LogP contribution is 2.37. The minimum atomic E-state index is -3.02. The van der Waals surface area contributed by atoms with Gasteiger partial charge in [-0.15, -0.1) is 0 Å². The van der Waals surface area contributed by atoms with Crippen molar-refractivity contribution < 1.29 is 22.4 Å². The van der Waals surface area contributed by atoms with Crippen molar-refractivity contribution in [1.29, 1.82) is 0 Å². The SMILES string of the molecule is Cc1ccc2oc([C@@H]3c4nc[nH]c4CCN3C(=O)c3oc(-c4ccn(C)n4)nc3C(F)F)nc2c1. The maximum atomic E-state index is 13.9. The Hall–Kier alpha value is -4.35. The molecule has 1 aliphatic heterocycles. The third-order valence-corrected chi connectivity index (χ3v) is 5.97. The fourth-order valence-electron chi connectivity index (χ4n) is 4.32. The van der Waals surface area contributed by atoms with E-state index < -0.39 is 29.8 Å².